The highest BCUT2D eigenvalue weighted by atomic mass is 32.2. The first kappa shape index (κ1) is 11.6. The molecule has 1 aromatic carbocycles. The van der Waals surface area contributed by atoms with Crippen molar-refractivity contribution >= 4 is 23.1 Å². The molecule has 2 atom stereocenters. The minimum Gasteiger partial charge on any atom is -0.397 e. The van der Waals surface area contributed by atoms with Crippen LogP contribution < -0.4 is 10.6 Å². The topological polar surface area (TPSA) is 29.3 Å². The number of hydrogen-bond donors (Lipinski definition) is 1. The molecule has 0 bridgehead atoms. The number of benzene rings is 1. The zero-order chi connectivity index (χ0) is 11.7. The minimum absolute atomic E-state index is 0.685. The molecule has 2 rings (SSSR count). The van der Waals surface area contributed by atoms with Crippen LogP contribution in [0.2, 0.25) is 0 Å². The molecule has 1 fully saturated rings. The number of nitrogen functional groups attached to an aromatic ring is 1. The van der Waals surface area contributed by atoms with Gasteiger partial charge in [0.05, 0.1) is 11.4 Å². The Balaban J connectivity index is 2.23. The van der Waals surface area contributed by atoms with Gasteiger partial charge >= 0.3 is 0 Å². The van der Waals surface area contributed by atoms with Gasteiger partial charge in [0.1, 0.15) is 0 Å². The molecule has 0 amide bonds. The van der Waals surface area contributed by atoms with Gasteiger partial charge in [0.15, 0.2) is 0 Å². The number of anilines is 2. The molecule has 1 aliphatic rings. The first-order valence-electron chi connectivity index (χ1n) is 5.83. The highest BCUT2D eigenvalue weighted by Crippen LogP contribution is 2.31. The maximum atomic E-state index is 6.09. The molecule has 0 spiro atoms. The van der Waals surface area contributed by atoms with E-state index in [1.54, 1.807) is 0 Å². The van der Waals surface area contributed by atoms with E-state index >= 15 is 0 Å². The van der Waals surface area contributed by atoms with Crippen LogP contribution in [-0.4, -0.2) is 23.6 Å². The molecule has 0 radical (unpaired) electrons. The molecule has 0 aliphatic carbocycles. The highest BCUT2D eigenvalue weighted by molar-refractivity contribution is 8.00. The van der Waals surface area contributed by atoms with E-state index in [1.165, 1.54) is 11.3 Å². The van der Waals surface area contributed by atoms with E-state index in [4.69, 9.17) is 5.73 Å². The second kappa shape index (κ2) is 4.58. The van der Waals surface area contributed by atoms with E-state index < -0.39 is 0 Å². The smallest absolute Gasteiger partial charge is 0.0600 e. The van der Waals surface area contributed by atoms with Crippen molar-refractivity contribution in [1.82, 2.24) is 0 Å². The summed E-state index contributed by atoms with van der Waals surface area (Å²) < 4.78 is 0. The first-order chi connectivity index (χ1) is 7.56. The second-order valence-corrected chi connectivity index (χ2v) is 6.61. The Morgan fingerprint density at radius 2 is 1.88 bits per heavy atom. The van der Waals surface area contributed by atoms with Crippen LogP contribution in [0.1, 0.15) is 19.4 Å². The molecule has 3 heteroatoms. The fourth-order valence-corrected chi connectivity index (χ4v) is 3.66. The van der Waals surface area contributed by atoms with Crippen molar-refractivity contribution in [3.8, 4) is 0 Å². The van der Waals surface area contributed by atoms with Crippen LogP contribution in [0.3, 0.4) is 0 Å². The van der Waals surface area contributed by atoms with Crippen molar-refractivity contribution in [1.29, 1.82) is 0 Å². The van der Waals surface area contributed by atoms with Crippen LogP contribution >= 0.6 is 11.8 Å². The third-order valence-electron chi connectivity index (χ3n) is 2.94. The molecule has 1 saturated heterocycles. The van der Waals surface area contributed by atoms with Gasteiger partial charge in [0, 0.05) is 23.6 Å². The standard InChI is InChI=1S/C13H20N2S/c1-9-4-5-13(12(14)6-9)15-7-10(2)16-11(3)8-15/h4-6,10-11H,7-8,14H2,1-3H3. The van der Waals surface area contributed by atoms with Crippen LogP contribution in [0.15, 0.2) is 18.2 Å². The first-order valence-corrected chi connectivity index (χ1v) is 6.77. The Kier molecular flexibility index (Phi) is 3.33. The molecule has 2 unspecified atom stereocenters. The summed E-state index contributed by atoms with van der Waals surface area (Å²) in [5, 5.41) is 1.37. The number of thioether (sulfide) groups is 1. The lowest BCUT2D eigenvalue weighted by molar-refractivity contribution is 0.729. The zero-order valence-electron chi connectivity index (χ0n) is 10.2. The fourth-order valence-electron chi connectivity index (χ4n) is 2.34. The van der Waals surface area contributed by atoms with E-state index in [0.717, 1.165) is 18.8 Å². The van der Waals surface area contributed by atoms with E-state index in [9.17, 15) is 0 Å². The second-order valence-electron chi connectivity index (χ2n) is 4.72. The minimum atomic E-state index is 0.685. The van der Waals surface area contributed by atoms with E-state index in [1.807, 2.05) is 0 Å². The van der Waals surface area contributed by atoms with Crippen molar-refractivity contribution in [3.05, 3.63) is 23.8 Å². The molecule has 1 aliphatic heterocycles. The summed E-state index contributed by atoms with van der Waals surface area (Å²) in [7, 11) is 0. The Morgan fingerprint density at radius 3 is 2.44 bits per heavy atom. The summed E-state index contributed by atoms with van der Waals surface area (Å²) >= 11 is 2.07. The van der Waals surface area contributed by atoms with Crippen molar-refractivity contribution in [2.75, 3.05) is 23.7 Å². The highest BCUT2D eigenvalue weighted by Gasteiger charge is 2.23. The van der Waals surface area contributed by atoms with Gasteiger partial charge in [0.2, 0.25) is 0 Å². The third kappa shape index (κ3) is 2.46. The molecule has 16 heavy (non-hydrogen) atoms. The van der Waals surface area contributed by atoms with Gasteiger partial charge in [-0.2, -0.15) is 11.8 Å². The van der Waals surface area contributed by atoms with Gasteiger partial charge in [-0.25, -0.2) is 0 Å². The molecule has 1 aromatic rings. The van der Waals surface area contributed by atoms with Gasteiger partial charge in [-0.3, -0.25) is 0 Å². The zero-order valence-corrected chi connectivity index (χ0v) is 11.1. The summed E-state index contributed by atoms with van der Waals surface area (Å²) in [5.41, 5.74) is 9.43. The lowest BCUT2D eigenvalue weighted by Crippen LogP contribution is -2.40. The maximum Gasteiger partial charge on any atom is 0.0600 e. The van der Waals surface area contributed by atoms with Gasteiger partial charge in [-0.1, -0.05) is 19.9 Å². The quantitative estimate of drug-likeness (QED) is 0.760. The summed E-state index contributed by atoms with van der Waals surface area (Å²) in [6.45, 7) is 8.86. The number of hydrogen-bond acceptors (Lipinski definition) is 3. The summed E-state index contributed by atoms with van der Waals surface area (Å²) in [5.74, 6) is 0. The normalized spacial score (nSPS) is 25.8. The summed E-state index contributed by atoms with van der Waals surface area (Å²) in [4.78, 5) is 2.42. The van der Waals surface area contributed by atoms with Crippen LogP contribution in [0.5, 0.6) is 0 Å². The van der Waals surface area contributed by atoms with Gasteiger partial charge < -0.3 is 10.6 Å². The lowest BCUT2D eigenvalue weighted by Gasteiger charge is -2.36. The fraction of sp³-hybridized carbons (Fsp3) is 0.538. The number of nitrogens with two attached hydrogens (primary N) is 1. The Hall–Kier alpha value is -0.830. The van der Waals surface area contributed by atoms with Crippen molar-refractivity contribution in [2.45, 2.75) is 31.3 Å². The third-order valence-corrected chi connectivity index (χ3v) is 4.17. The molecular weight excluding hydrogens is 216 g/mol. The predicted octanol–water partition coefficient (Wildman–Crippen LogP) is 2.91. The molecule has 2 nitrogen and oxygen atoms in total. The van der Waals surface area contributed by atoms with Crippen molar-refractivity contribution in [2.24, 2.45) is 0 Å². The average Bonchev–Trinajstić information content (AvgIpc) is 2.15. The Morgan fingerprint density at radius 1 is 1.25 bits per heavy atom. The monoisotopic (exact) mass is 236 g/mol. The summed E-state index contributed by atoms with van der Waals surface area (Å²) in [6, 6.07) is 6.36. The average molecular weight is 236 g/mol. The molecule has 0 saturated carbocycles. The number of aryl methyl sites for hydroxylation is 1. The molecule has 88 valence electrons. The van der Waals surface area contributed by atoms with E-state index in [-0.39, 0.29) is 0 Å². The van der Waals surface area contributed by atoms with E-state index in [2.05, 4.69) is 55.6 Å². The van der Waals surface area contributed by atoms with Crippen LogP contribution in [0.4, 0.5) is 11.4 Å². The van der Waals surface area contributed by atoms with Crippen LogP contribution in [0, 0.1) is 6.92 Å². The summed E-state index contributed by atoms with van der Waals surface area (Å²) in [6.07, 6.45) is 0. The number of rotatable bonds is 1. The van der Waals surface area contributed by atoms with Crippen molar-refractivity contribution < 1.29 is 0 Å². The molecular formula is C13H20N2S. The number of nitrogens with zero attached hydrogens (tertiary/aromatic N) is 1. The SMILES string of the molecule is Cc1ccc(N2CC(C)SC(C)C2)c(N)c1. The largest absolute Gasteiger partial charge is 0.397 e. The Labute approximate surface area is 102 Å². The molecule has 0 aromatic heterocycles. The van der Waals surface area contributed by atoms with Gasteiger partial charge in [-0.15, -0.1) is 0 Å². The van der Waals surface area contributed by atoms with Crippen molar-refractivity contribution in [3.63, 3.8) is 0 Å². The van der Waals surface area contributed by atoms with Crippen LogP contribution in [-0.2, 0) is 0 Å². The van der Waals surface area contributed by atoms with E-state index in [0.29, 0.717) is 10.5 Å². The van der Waals surface area contributed by atoms with Crippen LogP contribution in [0.25, 0.3) is 0 Å². The lowest BCUT2D eigenvalue weighted by atomic mass is 10.1. The predicted molar refractivity (Wildman–Crippen MR) is 74.3 cm³/mol. The van der Waals surface area contributed by atoms with Gasteiger partial charge in [-0.05, 0) is 24.6 Å². The Bertz CT molecular complexity index is 368. The maximum absolute atomic E-state index is 6.09. The molecule has 1 heterocycles. The molecule has 2 N–H and O–H groups in total. The van der Waals surface area contributed by atoms with Gasteiger partial charge in [0.25, 0.3) is 0 Å².